The number of carbonyl (C=O) groups excluding carboxylic acids is 1. The lowest BCUT2D eigenvalue weighted by Crippen LogP contribution is -2.39. The molecule has 0 aromatic carbocycles. The van der Waals surface area contributed by atoms with Crippen molar-refractivity contribution in [2.75, 3.05) is 5.88 Å². The van der Waals surface area contributed by atoms with Crippen LogP contribution < -0.4 is 11.3 Å². The Hall–Kier alpha value is -0.960. The zero-order valence-corrected chi connectivity index (χ0v) is 6.95. The van der Waals surface area contributed by atoms with Crippen LogP contribution >= 0.6 is 11.8 Å². The number of thioether (sulfide) groups is 1. The maximum atomic E-state index is 12.0. The lowest BCUT2D eigenvalue weighted by Gasteiger charge is -2.07. The molecular weight excluding hydrogens is 209 g/mol. The molecule has 3 N–H and O–H groups in total. The normalized spacial score (nSPS) is 17.2. The third-order valence-corrected chi connectivity index (χ3v) is 2.10. The highest BCUT2D eigenvalue weighted by Crippen LogP contribution is 2.30. The zero-order chi connectivity index (χ0) is 10.1. The second-order valence-corrected chi connectivity index (χ2v) is 2.96. The van der Waals surface area contributed by atoms with Gasteiger partial charge in [0.15, 0.2) is 5.04 Å². The van der Waals surface area contributed by atoms with Crippen molar-refractivity contribution in [2.24, 2.45) is 10.9 Å². The number of hydrazone groups is 1. The number of nitrogens with one attached hydrogen (secondary N) is 1. The molecular formula is C4H5F3N4OS. The summed E-state index contributed by atoms with van der Waals surface area (Å²) in [7, 11) is 0. The van der Waals surface area contributed by atoms with Gasteiger partial charge in [-0.2, -0.15) is 18.3 Å². The Kier molecular flexibility index (Phi) is 2.66. The van der Waals surface area contributed by atoms with Gasteiger partial charge in [-0.05, 0) is 0 Å². The van der Waals surface area contributed by atoms with Gasteiger partial charge in [0.05, 0.1) is 5.88 Å². The minimum absolute atomic E-state index is 0.183. The maximum Gasteiger partial charge on any atom is 0.441 e. The van der Waals surface area contributed by atoms with Crippen LogP contribution in [0, 0.1) is 0 Å². The second kappa shape index (κ2) is 3.42. The summed E-state index contributed by atoms with van der Waals surface area (Å²) in [6, 6.07) is -0.869. The maximum absolute atomic E-state index is 12.0. The second-order valence-electron chi connectivity index (χ2n) is 2.03. The molecule has 13 heavy (non-hydrogen) atoms. The van der Waals surface area contributed by atoms with Crippen molar-refractivity contribution in [3.8, 4) is 0 Å². The highest BCUT2D eigenvalue weighted by Gasteiger charge is 2.41. The predicted molar refractivity (Wildman–Crippen MR) is 40.5 cm³/mol. The van der Waals surface area contributed by atoms with E-state index in [0.717, 1.165) is 0 Å². The molecule has 0 spiro atoms. The Morgan fingerprint density at radius 3 is 2.69 bits per heavy atom. The first-order valence-electron chi connectivity index (χ1n) is 3.02. The van der Waals surface area contributed by atoms with Gasteiger partial charge in [0.2, 0.25) is 0 Å². The fourth-order valence-electron chi connectivity index (χ4n) is 0.607. The fraction of sp³-hybridized carbons (Fsp3) is 0.500. The number of alkyl halides is 3. The van der Waals surface area contributed by atoms with Crippen molar-refractivity contribution in [3.05, 3.63) is 0 Å². The minimum Gasteiger partial charge on any atom is -0.274 e. The molecule has 0 atom stereocenters. The van der Waals surface area contributed by atoms with Crippen LogP contribution in [0.15, 0.2) is 5.10 Å². The van der Waals surface area contributed by atoms with Gasteiger partial charge in [0.1, 0.15) is 0 Å². The van der Waals surface area contributed by atoms with Crippen molar-refractivity contribution >= 4 is 22.8 Å². The van der Waals surface area contributed by atoms with Crippen LogP contribution in [0.1, 0.15) is 0 Å². The molecule has 74 valence electrons. The summed E-state index contributed by atoms with van der Waals surface area (Å²) in [5.74, 6) is 4.52. The van der Waals surface area contributed by atoms with Crippen molar-refractivity contribution < 1.29 is 18.0 Å². The quantitative estimate of drug-likeness (QED) is 0.349. The number of carbonyl (C=O) groups is 1. The smallest absolute Gasteiger partial charge is 0.274 e. The topological polar surface area (TPSA) is 70.7 Å². The molecule has 1 heterocycles. The first-order valence-corrected chi connectivity index (χ1v) is 4.00. The van der Waals surface area contributed by atoms with Crippen molar-refractivity contribution in [1.29, 1.82) is 0 Å². The SMILES string of the molecule is NNC(=O)N1CSC(C(F)(F)F)=N1. The van der Waals surface area contributed by atoms with E-state index in [0.29, 0.717) is 16.8 Å². The number of hydrogen-bond acceptors (Lipinski definition) is 4. The van der Waals surface area contributed by atoms with E-state index in [-0.39, 0.29) is 5.88 Å². The van der Waals surface area contributed by atoms with Crippen LogP contribution in [-0.4, -0.2) is 28.1 Å². The van der Waals surface area contributed by atoms with Crippen LogP contribution in [0.25, 0.3) is 0 Å². The van der Waals surface area contributed by atoms with E-state index in [1.54, 1.807) is 5.43 Å². The Labute approximate surface area is 75.1 Å². The van der Waals surface area contributed by atoms with Crippen molar-refractivity contribution in [1.82, 2.24) is 10.4 Å². The number of hydrazine groups is 1. The summed E-state index contributed by atoms with van der Waals surface area (Å²) < 4.78 is 35.9. The largest absolute Gasteiger partial charge is 0.441 e. The van der Waals surface area contributed by atoms with Crippen LogP contribution in [0.3, 0.4) is 0 Å². The van der Waals surface area contributed by atoms with Crippen LogP contribution in [0.4, 0.5) is 18.0 Å². The Morgan fingerprint density at radius 2 is 2.31 bits per heavy atom. The summed E-state index contributed by atoms with van der Waals surface area (Å²) in [4.78, 5) is 10.7. The first kappa shape index (κ1) is 10.1. The summed E-state index contributed by atoms with van der Waals surface area (Å²) in [5, 5.41) is 2.59. The number of hydrogen-bond donors (Lipinski definition) is 2. The Balaban J connectivity index is 2.69. The van der Waals surface area contributed by atoms with Crippen molar-refractivity contribution in [3.63, 3.8) is 0 Å². The molecule has 9 heteroatoms. The zero-order valence-electron chi connectivity index (χ0n) is 6.13. The molecule has 0 aromatic heterocycles. The van der Waals surface area contributed by atoms with Crippen LogP contribution in [0.2, 0.25) is 0 Å². The summed E-state index contributed by atoms with van der Waals surface area (Å²) in [6.45, 7) is 0. The number of nitrogens with zero attached hydrogens (tertiary/aromatic N) is 2. The van der Waals surface area contributed by atoms with E-state index in [1.807, 2.05) is 0 Å². The van der Waals surface area contributed by atoms with Gasteiger partial charge in [-0.25, -0.2) is 15.6 Å². The molecule has 1 aliphatic rings. The standard InChI is InChI=1S/C4H5F3N4OS/c5-4(6,7)2-10-11(1-13-2)3(12)9-8/h1,8H2,(H,9,12). The van der Waals surface area contributed by atoms with Gasteiger partial charge in [-0.15, -0.1) is 0 Å². The molecule has 0 aromatic rings. The predicted octanol–water partition coefficient (Wildman–Crippen LogP) is 0.452. The third-order valence-electron chi connectivity index (χ3n) is 1.14. The molecule has 5 nitrogen and oxygen atoms in total. The van der Waals surface area contributed by atoms with E-state index in [1.165, 1.54) is 0 Å². The summed E-state index contributed by atoms with van der Waals surface area (Å²) in [5.41, 5.74) is 1.68. The lowest BCUT2D eigenvalue weighted by molar-refractivity contribution is -0.0559. The monoisotopic (exact) mass is 214 g/mol. The lowest BCUT2D eigenvalue weighted by atomic mass is 10.7. The van der Waals surface area contributed by atoms with Gasteiger partial charge in [0.25, 0.3) is 0 Å². The molecule has 0 aliphatic carbocycles. The minimum atomic E-state index is -4.51. The molecule has 0 radical (unpaired) electrons. The average molecular weight is 214 g/mol. The van der Waals surface area contributed by atoms with E-state index in [2.05, 4.69) is 5.10 Å². The molecule has 2 amide bonds. The van der Waals surface area contributed by atoms with E-state index in [9.17, 15) is 18.0 Å². The van der Waals surface area contributed by atoms with Crippen LogP contribution in [-0.2, 0) is 0 Å². The highest BCUT2D eigenvalue weighted by atomic mass is 32.2. The molecule has 0 fully saturated rings. The first-order chi connectivity index (χ1) is 5.95. The van der Waals surface area contributed by atoms with Crippen LogP contribution in [0.5, 0.6) is 0 Å². The van der Waals surface area contributed by atoms with Gasteiger partial charge in [0, 0.05) is 0 Å². The number of urea groups is 1. The molecule has 0 unspecified atom stereocenters. The van der Waals surface area contributed by atoms with Gasteiger partial charge in [-0.3, -0.25) is 5.43 Å². The Morgan fingerprint density at radius 1 is 1.69 bits per heavy atom. The molecule has 1 aliphatic heterocycles. The summed E-state index contributed by atoms with van der Waals surface area (Å²) >= 11 is 0.436. The number of rotatable bonds is 0. The number of halogens is 3. The van der Waals surface area contributed by atoms with E-state index >= 15 is 0 Å². The Bertz CT molecular complexity index is 252. The molecule has 0 saturated heterocycles. The fourth-order valence-corrected chi connectivity index (χ4v) is 1.35. The van der Waals surface area contributed by atoms with Gasteiger partial charge in [-0.1, -0.05) is 11.8 Å². The summed E-state index contributed by atoms with van der Waals surface area (Å²) in [6.07, 6.45) is -4.51. The molecule has 0 bridgehead atoms. The molecule has 1 rings (SSSR count). The van der Waals surface area contributed by atoms with Gasteiger partial charge < -0.3 is 0 Å². The van der Waals surface area contributed by atoms with Crippen molar-refractivity contribution in [2.45, 2.75) is 6.18 Å². The van der Waals surface area contributed by atoms with E-state index in [4.69, 9.17) is 5.84 Å². The number of amides is 2. The average Bonchev–Trinajstić information content (AvgIpc) is 2.50. The third kappa shape index (κ3) is 2.25. The number of nitrogens with two attached hydrogens (primary N) is 1. The highest BCUT2D eigenvalue weighted by molar-refractivity contribution is 8.14. The van der Waals surface area contributed by atoms with E-state index < -0.39 is 17.3 Å². The van der Waals surface area contributed by atoms with Gasteiger partial charge >= 0.3 is 12.2 Å². The molecule has 0 saturated carbocycles.